The Morgan fingerprint density at radius 3 is 2.50 bits per heavy atom. The SMILES string of the molecule is CN(C(N)=NC(C)(C)C)c1cccc(F)c1. The number of nitrogens with two attached hydrogens (primary N) is 1. The summed E-state index contributed by atoms with van der Waals surface area (Å²) < 4.78 is 13.0. The minimum Gasteiger partial charge on any atom is -0.370 e. The van der Waals surface area contributed by atoms with E-state index >= 15 is 0 Å². The first-order valence-corrected chi connectivity index (χ1v) is 5.14. The van der Waals surface area contributed by atoms with Crippen molar-refractivity contribution in [1.29, 1.82) is 0 Å². The molecule has 88 valence electrons. The molecule has 0 saturated carbocycles. The van der Waals surface area contributed by atoms with Crippen LogP contribution in [0.3, 0.4) is 0 Å². The molecule has 4 heteroatoms. The fraction of sp³-hybridized carbons (Fsp3) is 0.417. The van der Waals surface area contributed by atoms with Gasteiger partial charge in [-0.1, -0.05) is 6.07 Å². The molecule has 1 aromatic carbocycles. The van der Waals surface area contributed by atoms with E-state index in [1.165, 1.54) is 12.1 Å². The van der Waals surface area contributed by atoms with E-state index in [1.807, 2.05) is 20.8 Å². The molecule has 0 aliphatic rings. The number of hydrogen-bond acceptors (Lipinski definition) is 1. The average Bonchev–Trinajstić information content (AvgIpc) is 2.14. The molecule has 0 unspecified atom stereocenters. The molecule has 0 atom stereocenters. The summed E-state index contributed by atoms with van der Waals surface area (Å²) in [7, 11) is 1.76. The number of hydrogen-bond donors (Lipinski definition) is 1. The van der Waals surface area contributed by atoms with Gasteiger partial charge in [0.05, 0.1) is 5.54 Å². The predicted molar refractivity (Wildman–Crippen MR) is 66.2 cm³/mol. The van der Waals surface area contributed by atoms with Crippen LogP contribution in [0.2, 0.25) is 0 Å². The van der Waals surface area contributed by atoms with Gasteiger partial charge in [-0.05, 0) is 39.0 Å². The molecule has 1 rings (SSSR count). The first-order chi connectivity index (χ1) is 7.29. The van der Waals surface area contributed by atoms with E-state index in [-0.39, 0.29) is 11.4 Å². The lowest BCUT2D eigenvalue weighted by Crippen LogP contribution is -2.36. The van der Waals surface area contributed by atoms with Crippen LogP contribution in [0, 0.1) is 5.82 Å². The molecule has 0 spiro atoms. The van der Waals surface area contributed by atoms with Crippen LogP contribution >= 0.6 is 0 Å². The van der Waals surface area contributed by atoms with Crippen LogP contribution in [0.25, 0.3) is 0 Å². The molecular weight excluding hydrogens is 205 g/mol. The summed E-state index contributed by atoms with van der Waals surface area (Å²) in [4.78, 5) is 5.97. The Balaban J connectivity index is 2.94. The molecule has 0 fully saturated rings. The van der Waals surface area contributed by atoms with Gasteiger partial charge in [0, 0.05) is 12.7 Å². The van der Waals surface area contributed by atoms with E-state index in [4.69, 9.17) is 5.73 Å². The highest BCUT2D eigenvalue weighted by atomic mass is 19.1. The van der Waals surface area contributed by atoms with Crippen LogP contribution in [-0.4, -0.2) is 18.5 Å². The molecule has 0 bridgehead atoms. The molecule has 0 amide bonds. The number of benzene rings is 1. The van der Waals surface area contributed by atoms with Crippen molar-refractivity contribution in [3.63, 3.8) is 0 Å². The van der Waals surface area contributed by atoms with Gasteiger partial charge in [-0.15, -0.1) is 0 Å². The number of rotatable bonds is 1. The third-order valence-electron chi connectivity index (χ3n) is 1.99. The van der Waals surface area contributed by atoms with Crippen molar-refractivity contribution in [1.82, 2.24) is 0 Å². The Morgan fingerprint density at radius 2 is 2.00 bits per heavy atom. The fourth-order valence-electron chi connectivity index (χ4n) is 1.24. The predicted octanol–water partition coefficient (Wildman–Crippen LogP) is 2.38. The minimum atomic E-state index is -0.284. The summed E-state index contributed by atoms with van der Waals surface area (Å²) in [5.74, 6) is 0.0889. The van der Waals surface area contributed by atoms with Gasteiger partial charge in [-0.3, -0.25) is 0 Å². The third kappa shape index (κ3) is 3.53. The van der Waals surface area contributed by atoms with Crippen LogP contribution in [-0.2, 0) is 0 Å². The van der Waals surface area contributed by atoms with Crippen molar-refractivity contribution in [2.75, 3.05) is 11.9 Å². The Labute approximate surface area is 95.8 Å². The highest BCUT2D eigenvalue weighted by Gasteiger charge is 2.12. The monoisotopic (exact) mass is 223 g/mol. The van der Waals surface area contributed by atoms with Gasteiger partial charge >= 0.3 is 0 Å². The lowest BCUT2D eigenvalue weighted by atomic mass is 10.1. The molecule has 0 heterocycles. The summed E-state index contributed by atoms with van der Waals surface area (Å²) in [6.45, 7) is 5.87. The zero-order valence-corrected chi connectivity index (χ0v) is 10.2. The van der Waals surface area contributed by atoms with Crippen molar-refractivity contribution in [3.05, 3.63) is 30.1 Å². The maximum Gasteiger partial charge on any atom is 0.196 e. The van der Waals surface area contributed by atoms with E-state index in [2.05, 4.69) is 4.99 Å². The average molecular weight is 223 g/mol. The minimum absolute atomic E-state index is 0.244. The molecule has 2 N–H and O–H groups in total. The van der Waals surface area contributed by atoms with Gasteiger partial charge in [0.1, 0.15) is 5.82 Å². The van der Waals surface area contributed by atoms with Gasteiger partial charge in [-0.25, -0.2) is 9.38 Å². The Kier molecular flexibility index (Phi) is 3.52. The van der Waals surface area contributed by atoms with E-state index < -0.39 is 0 Å². The second-order valence-electron chi connectivity index (χ2n) is 4.68. The normalized spacial score (nSPS) is 12.7. The second kappa shape index (κ2) is 4.51. The maximum atomic E-state index is 13.0. The van der Waals surface area contributed by atoms with Crippen LogP contribution in [0.15, 0.2) is 29.3 Å². The van der Waals surface area contributed by atoms with E-state index in [9.17, 15) is 4.39 Å². The summed E-state index contributed by atoms with van der Waals surface area (Å²) in [5.41, 5.74) is 6.28. The number of anilines is 1. The smallest absolute Gasteiger partial charge is 0.196 e. The van der Waals surface area contributed by atoms with Crippen LogP contribution in [0.4, 0.5) is 10.1 Å². The Bertz CT molecular complexity index is 393. The number of halogens is 1. The van der Waals surface area contributed by atoms with E-state index in [0.29, 0.717) is 11.6 Å². The summed E-state index contributed by atoms with van der Waals surface area (Å²) in [6.07, 6.45) is 0. The third-order valence-corrected chi connectivity index (χ3v) is 1.99. The molecule has 3 nitrogen and oxygen atoms in total. The molecule has 0 saturated heterocycles. The maximum absolute atomic E-state index is 13.0. The topological polar surface area (TPSA) is 41.6 Å². The first-order valence-electron chi connectivity index (χ1n) is 5.14. The Hall–Kier alpha value is -1.58. The standard InChI is InChI=1S/C12H18FN3/c1-12(2,3)15-11(14)16(4)10-7-5-6-9(13)8-10/h5-8H,1-4H3,(H2,14,15). The molecule has 0 radical (unpaired) electrons. The van der Waals surface area contributed by atoms with Crippen LogP contribution < -0.4 is 10.6 Å². The van der Waals surface area contributed by atoms with Gasteiger partial charge in [0.15, 0.2) is 5.96 Å². The lowest BCUT2D eigenvalue weighted by Gasteiger charge is -2.22. The molecule has 1 aromatic rings. The van der Waals surface area contributed by atoms with Crippen molar-refractivity contribution in [3.8, 4) is 0 Å². The molecule has 0 aliphatic heterocycles. The zero-order chi connectivity index (χ0) is 12.3. The molecular formula is C12H18FN3. The van der Waals surface area contributed by atoms with Crippen molar-refractivity contribution in [2.45, 2.75) is 26.3 Å². The van der Waals surface area contributed by atoms with Crippen LogP contribution in [0.1, 0.15) is 20.8 Å². The fourth-order valence-corrected chi connectivity index (χ4v) is 1.24. The van der Waals surface area contributed by atoms with Gasteiger partial charge in [0.2, 0.25) is 0 Å². The number of aliphatic imine (C=N–C) groups is 1. The second-order valence-corrected chi connectivity index (χ2v) is 4.68. The number of guanidine groups is 1. The number of nitrogens with zero attached hydrogens (tertiary/aromatic N) is 2. The first kappa shape index (κ1) is 12.5. The van der Waals surface area contributed by atoms with Gasteiger partial charge in [-0.2, -0.15) is 0 Å². The highest BCUT2D eigenvalue weighted by molar-refractivity contribution is 5.94. The summed E-state index contributed by atoms with van der Waals surface area (Å²) in [6, 6.07) is 6.25. The zero-order valence-electron chi connectivity index (χ0n) is 10.2. The van der Waals surface area contributed by atoms with Crippen molar-refractivity contribution < 1.29 is 4.39 Å². The van der Waals surface area contributed by atoms with Crippen molar-refractivity contribution >= 4 is 11.6 Å². The van der Waals surface area contributed by atoms with E-state index in [1.54, 1.807) is 24.1 Å². The quantitative estimate of drug-likeness (QED) is 0.586. The molecule has 0 aliphatic carbocycles. The van der Waals surface area contributed by atoms with Crippen molar-refractivity contribution in [2.24, 2.45) is 10.7 Å². The van der Waals surface area contributed by atoms with Crippen LogP contribution in [0.5, 0.6) is 0 Å². The Morgan fingerprint density at radius 1 is 1.38 bits per heavy atom. The summed E-state index contributed by atoms with van der Waals surface area (Å²) in [5, 5.41) is 0. The molecule has 0 aromatic heterocycles. The lowest BCUT2D eigenvalue weighted by molar-refractivity contribution is 0.581. The molecule has 16 heavy (non-hydrogen) atoms. The van der Waals surface area contributed by atoms with E-state index in [0.717, 1.165) is 0 Å². The van der Waals surface area contributed by atoms with Gasteiger partial charge in [0.25, 0.3) is 0 Å². The van der Waals surface area contributed by atoms with Gasteiger partial charge < -0.3 is 10.6 Å². The summed E-state index contributed by atoms with van der Waals surface area (Å²) >= 11 is 0. The highest BCUT2D eigenvalue weighted by Crippen LogP contribution is 2.15. The largest absolute Gasteiger partial charge is 0.370 e.